The fourth-order valence-corrected chi connectivity index (χ4v) is 3.40. The number of amides is 1. The van der Waals surface area contributed by atoms with Gasteiger partial charge in [0, 0.05) is 34.8 Å². The van der Waals surface area contributed by atoms with E-state index in [-0.39, 0.29) is 5.91 Å². The van der Waals surface area contributed by atoms with Crippen molar-refractivity contribution in [2.45, 2.75) is 20.3 Å². The largest absolute Gasteiger partial charge is 0.358 e. The average Bonchev–Trinajstić information content (AvgIpc) is 3.28. The minimum Gasteiger partial charge on any atom is -0.358 e. The van der Waals surface area contributed by atoms with Crippen molar-refractivity contribution in [3.05, 3.63) is 78.0 Å². The summed E-state index contributed by atoms with van der Waals surface area (Å²) >= 11 is 0. The Balaban J connectivity index is 1.67. The summed E-state index contributed by atoms with van der Waals surface area (Å²) in [6, 6.07) is 13.6. The highest BCUT2D eigenvalue weighted by Crippen LogP contribution is 2.26. The summed E-state index contributed by atoms with van der Waals surface area (Å²) in [4.78, 5) is 20.3. The number of imidazole rings is 1. The number of carbonyl (C=O) groups is 1. The predicted molar refractivity (Wildman–Crippen MR) is 104 cm³/mol. The van der Waals surface area contributed by atoms with Crippen molar-refractivity contribution in [1.29, 1.82) is 0 Å². The molecule has 0 aliphatic heterocycles. The van der Waals surface area contributed by atoms with Gasteiger partial charge in [0.2, 0.25) is 0 Å². The lowest BCUT2D eigenvalue weighted by molar-refractivity contribution is 0.102. The molecule has 0 radical (unpaired) electrons. The van der Waals surface area contributed by atoms with Gasteiger partial charge in [0.25, 0.3) is 5.91 Å². The molecule has 0 fully saturated rings. The van der Waals surface area contributed by atoms with Gasteiger partial charge >= 0.3 is 0 Å². The van der Waals surface area contributed by atoms with Gasteiger partial charge in [-0.05, 0) is 43.2 Å². The van der Waals surface area contributed by atoms with E-state index in [1.807, 2.05) is 47.2 Å². The maximum absolute atomic E-state index is 12.9. The van der Waals surface area contributed by atoms with Crippen LogP contribution in [0.5, 0.6) is 0 Å². The van der Waals surface area contributed by atoms with Crippen LogP contribution in [-0.4, -0.2) is 20.4 Å². The van der Waals surface area contributed by atoms with E-state index in [0.717, 1.165) is 34.4 Å². The zero-order valence-electron chi connectivity index (χ0n) is 14.8. The van der Waals surface area contributed by atoms with Crippen LogP contribution in [0, 0.1) is 6.92 Å². The van der Waals surface area contributed by atoms with Crippen molar-refractivity contribution < 1.29 is 4.79 Å². The van der Waals surface area contributed by atoms with E-state index in [1.165, 1.54) is 5.56 Å². The van der Waals surface area contributed by atoms with Crippen LogP contribution in [-0.2, 0) is 6.42 Å². The molecule has 0 bridgehead atoms. The number of para-hydroxylation sites is 1. The van der Waals surface area contributed by atoms with Gasteiger partial charge in [-0.15, -0.1) is 0 Å². The fraction of sp³-hybridized carbons (Fsp3) is 0.143. The molecular weight excluding hydrogens is 324 g/mol. The van der Waals surface area contributed by atoms with Crippen LogP contribution in [0.2, 0.25) is 0 Å². The molecule has 0 aliphatic carbocycles. The Morgan fingerprint density at radius 2 is 2.08 bits per heavy atom. The maximum atomic E-state index is 12.9. The van der Waals surface area contributed by atoms with E-state index in [2.05, 4.69) is 35.2 Å². The second kappa shape index (κ2) is 6.52. The van der Waals surface area contributed by atoms with Crippen LogP contribution in [0.4, 0.5) is 5.69 Å². The summed E-state index contributed by atoms with van der Waals surface area (Å²) in [6.07, 6.45) is 6.26. The van der Waals surface area contributed by atoms with Crippen LogP contribution in [0.1, 0.15) is 28.5 Å². The number of hydrogen-bond donors (Lipinski definition) is 2. The van der Waals surface area contributed by atoms with E-state index in [4.69, 9.17) is 0 Å². The van der Waals surface area contributed by atoms with Crippen molar-refractivity contribution >= 4 is 22.5 Å². The summed E-state index contributed by atoms with van der Waals surface area (Å²) in [5.41, 5.74) is 5.62. The predicted octanol–water partition coefficient (Wildman–Crippen LogP) is 4.48. The lowest BCUT2D eigenvalue weighted by Gasteiger charge is -2.09. The summed E-state index contributed by atoms with van der Waals surface area (Å²) in [7, 11) is 0. The standard InChI is InChI=1S/C21H20N4O/c1-3-17-14(2)23-20-18(17)8-5-9-19(20)21(26)24-15-6-4-7-16(12-15)25-11-10-22-13-25/h4-13,23H,3H2,1-2H3,(H,24,26). The van der Waals surface area contributed by atoms with Crippen LogP contribution >= 0.6 is 0 Å². The normalized spacial score (nSPS) is 11.0. The quantitative estimate of drug-likeness (QED) is 0.573. The first-order valence-corrected chi connectivity index (χ1v) is 8.67. The van der Waals surface area contributed by atoms with Gasteiger partial charge in [-0.25, -0.2) is 4.98 Å². The van der Waals surface area contributed by atoms with Crippen molar-refractivity contribution in [3.8, 4) is 5.69 Å². The van der Waals surface area contributed by atoms with Crippen molar-refractivity contribution in [3.63, 3.8) is 0 Å². The molecule has 4 rings (SSSR count). The van der Waals surface area contributed by atoms with E-state index < -0.39 is 0 Å². The van der Waals surface area contributed by atoms with Crippen molar-refractivity contribution in [1.82, 2.24) is 14.5 Å². The number of carbonyl (C=O) groups excluding carboxylic acids is 1. The Morgan fingerprint density at radius 1 is 1.23 bits per heavy atom. The highest BCUT2D eigenvalue weighted by molar-refractivity contribution is 6.12. The summed E-state index contributed by atoms with van der Waals surface area (Å²) in [5, 5.41) is 4.12. The highest BCUT2D eigenvalue weighted by atomic mass is 16.1. The van der Waals surface area contributed by atoms with Crippen LogP contribution in [0.25, 0.3) is 16.6 Å². The number of aryl methyl sites for hydroxylation is 2. The smallest absolute Gasteiger partial charge is 0.257 e. The van der Waals surface area contributed by atoms with Gasteiger partial charge in [-0.1, -0.05) is 25.1 Å². The summed E-state index contributed by atoms with van der Waals surface area (Å²) < 4.78 is 1.90. The van der Waals surface area contributed by atoms with Gasteiger partial charge in [0.1, 0.15) is 0 Å². The zero-order valence-corrected chi connectivity index (χ0v) is 14.8. The minimum atomic E-state index is -0.123. The molecule has 1 amide bonds. The fourth-order valence-electron chi connectivity index (χ4n) is 3.40. The van der Waals surface area contributed by atoms with E-state index in [9.17, 15) is 4.79 Å². The Morgan fingerprint density at radius 3 is 2.85 bits per heavy atom. The van der Waals surface area contributed by atoms with Gasteiger partial charge < -0.3 is 14.9 Å². The molecule has 0 atom stereocenters. The molecule has 2 aromatic heterocycles. The third-order valence-corrected chi connectivity index (χ3v) is 4.66. The molecule has 0 saturated heterocycles. The molecular formula is C21H20N4O. The first-order chi connectivity index (χ1) is 12.7. The average molecular weight is 344 g/mol. The number of aromatic nitrogens is 3. The molecule has 0 aliphatic rings. The first kappa shape index (κ1) is 16.1. The Labute approximate surface area is 151 Å². The molecule has 130 valence electrons. The molecule has 5 heteroatoms. The van der Waals surface area contributed by atoms with Crippen LogP contribution < -0.4 is 5.32 Å². The summed E-state index contributed by atoms with van der Waals surface area (Å²) in [6.45, 7) is 4.18. The number of rotatable bonds is 4. The number of hydrogen-bond acceptors (Lipinski definition) is 2. The molecule has 0 unspecified atom stereocenters. The highest BCUT2D eigenvalue weighted by Gasteiger charge is 2.15. The number of anilines is 1. The molecule has 0 saturated carbocycles. The number of aromatic amines is 1. The topological polar surface area (TPSA) is 62.7 Å². The molecule has 2 aromatic carbocycles. The Hall–Kier alpha value is -3.34. The van der Waals surface area contributed by atoms with Crippen molar-refractivity contribution in [2.75, 3.05) is 5.32 Å². The summed E-state index contributed by atoms with van der Waals surface area (Å²) in [5.74, 6) is -0.123. The molecule has 2 heterocycles. The van der Waals surface area contributed by atoms with E-state index in [0.29, 0.717) is 5.56 Å². The SMILES string of the molecule is CCc1c(C)[nH]c2c(C(=O)Nc3cccc(-n4ccnc4)c3)cccc12. The first-order valence-electron chi connectivity index (χ1n) is 8.67. The molecule has 4 aromatic rings. The van der Waals surface area contributed by atoms with Gasteiger partial charge in [0.05, 0.1) is 17.4 Å². The number of nitrogens with zero attached hydrogens (tertiary/aromatic N) is 2. The third-order valence-electron chi connectivity index (χ3n) is 4.66. The number of H-pyrrole nitrogens is 1. The second-order valence-electron chi connectivity index (χ2n) is 6.28. The minimum absolute atomic E-state index is 0.123. The molecule has 26 heavy (non-hydrogen) atoms. The lowest BCUT2D eigenvalue weighted by Crippen LogP contribution is -2.12. The Kier molecular flexibility index (Phi) is 4.05. The van der Waals surface area contributed by atoms with Gasteiger partial charge in [-0.3, -0.25) is 4.79 Å². The monoisotopic (exact) mass is 344 g/mol. The number of fused-ring (bicyclic) bond motifs is 1. The molecule has 0 spiro atoms. The lowest BCUT2D eigenvalue weighted by atomic mass is 10.1. The number of benzene rings is 2. The van der Waals surface area contributed by atoms with E-state index >= 15 is 0 Å². The van der Waals surface area contributed by atoms with Gasteiger partial charge in [0.15, 0.2) is 0 Å². The van der Waals surface area contributed by atoms with Gasteiger partial charge in [-0.2, -0.15) is 0 Å². The zero-order chi connectivity index (χ0) is 18.1. The van der Waals surface area contributed by atoms with Crippen LogP contribution in [0.15, 0.2) is 61.2 Å². The maximum Gasteiger partial charge on any atom is 0.257 e. The third kappa shape index (κ3) is 2.77. The second-order valence-corrected chi connectivity index (χ2v) is 6.28. The molecule has 2 N–H and O–H groups in total. The van der Waals surface area contributed by atoms with Crippen LogP contribution in [0.3, 0.4) is 0 Å². The number of nitrogens with one attached hydrogen (secondary N) is 2. The molecule has 5 nitrogen and oxygen atoms in total. The van der Waals surface area contributed by atoms with Crippen molar-refractivity contribution in [2.24, 2.45) is 0 Å². The Bertz CT molecular complexity index is 1080. The van der Waals surface area contributed by atoms with E-state index in [1.54, 1.807) is 12.5 Å².